The number of carboxylic acids is 1. The molecule has 0 radical (unpaired) electrons. The number of alkyl halides is 3. The summed E-state index contributed by atoms with van der Waals surface area (Å²) in [6, 6.07) is 10.8. The van der Waals surface area contributed by atoms with Gasteiger partial charge in [0.25, 0.3) is 5.91 Å². The Morgan fingerprint density at radius 2 is 1.53 bits per heavy atom. The van der Waals surface area contributed by atoms with Crippen LogP contribution in [0.15, 0.2) is 54.6 Å². The quantitative estimate of drug-likeness (QED) is 0.430. The van der Waals surface area contributed by atoms with Crippen LogP contribution in [0.1, 0.15) is 44.4 Å². The largest absolute Gasteiger partial charge is 0.479 e. The maximum Gasteiger partial charge on any atom is 0.416 e. The van der Waals surface area contributed by atoms with E-state index in [1.165, 1.54) is 0 Å². The van der Waals surface area contributed by atoms with Gasteiger partial charge in [0.2, 0.25) is 0 Å². The number of ether oxygens (including phenoxy) is 1. The number of amides is 2. The van der Waals surface area contributed by atoms with Crippen LogP contribution in [-0.2, 0) is 32.5 Å². The molecule has 0 saturated carbocycles. The van der Waals surface area contributed by atoms with Crippen LogP contribution < -0.4 is 10.6 Å². The van der Waals surface area contributed by atoms with Crippen molar-refractivity contribution in [3.8, 4) is 0 Å². The number of alkyl carbamates (subject to hydrolysis) is 1. The fraction of sp³-hybridized carbons (Fsp3) is 0.400. The van der Waals surface area contributed by atoms with Gasteiger partial charge in [0.05, 0.1) is 11.6 Å². The van der Waals surface area contributed by atoms with Gasteiger partial charge in [-0.2, -0.15) is 13.2 Å². The lowest BCUT2D eigenvalue weighted by atomic mass is 9.89. The lowest BCUT2D eigenvalue weighted by molar-refractivity contribution is -0.149. The topological polar surface area (TPSA) is 125 Å². The Kier molecular flexibility index (Phi) is 8.74. The van der Waals surface area contributed by atoms with Crippen LogP contribution in [0.4, 0.5) is 18.0 Å². The number of nitrogens with one attached hydrogen (secondary N) is 2. The molecule has 0 heterocycles. The predicted octanol–water partition coefficient (Wildman–Crippen LogP) is 3.62. The summed E-state index contributed by atoms with van der Waals surface area (Å²) in [7, 11) is 0. The molecule has 2 amide bonds. The van der Waals surface area contributed by atoms with E-state index in [2.05, 4.69) is 10.6 Å². The highest BCUT2D eigenvalue weighted by Crippen LogP contribution is 2.32. The number of aliphatic hydroxyl groups is 1. The average molecular weight is 511 g/mol. The number of benzene rings is 2. The fourth-order valence-corrected chi connectivity index (χ4v) is 3.33. The van der Waals surface area contributed by atoms with E-state index in [0.29, 0.717) is 11.6 Å². The van der Waals surface area contributed by atoms with Crippen molar-refractivity contribution in [1.29, 1.82) is 0 Å². The van der Waals surface area contributed by atoms with Crippen molar-refractivity contribution in [2.24, 2.45) is 0 Å². The van der Waals surface area contributed by atoms with Gasteiger partial charge in [0.15, 0.2) is 11.6 Å². The summed E-state index contributed by atoms with van der Waals surface area (Å²) in [5.41, 5.74) is -4.01. The molecule has 0 aliphatic rings. The van der Waals surface area contributed by atoms with E-state index in [1.54, 1.807) is 51.1 Å². The molecule has 0 aliphatic heterocycles. The van der Waals surface area contributed by atoms with Crippen molar-refractivity contribution in [2.75, 3.05) is 0 Å². The first-order valence-electron chi connectivity index (χ1n) is 11.0. The van der Waals surface area contributed by atoms with Crippen LogP contribution >= 0.6 is 0 Å². The molecule has 8 nitrogen and oxygen atoms in total. The third kappa shape index (κ3) is 7.70. The van der Waals surface area contributed by atoms with E-state index in [9.17, 15) is 37.8 Å². The summed E-state index contributed by atoms with van der Waals surface area (Å²) in [4.78, 5) is 37.4. The number of rotatable bonds is 8. The molecular weight excluding hydrogens is 481 g/mol. The van der Waals surface area contributed by atoms with Gasteiger partial charge in [-0.3, -0.25) is 4.79 Å². The monoisotopic (exact) mass is 510 g/mol. The van der Waals surface area contributed by atoms with Crippen LogP contribution in [0.5, 0.6) is 0 Å². The lowest BCUT2D eigenvalue weighted by Crippen LogP contribution is -2.58. The first-order valence-corrected chi connectivity index (χ1v) is 11.0. The van der Waals surface area contributed by atoms with Crippen molar-refractivity contribution >= 4 is 18.0 Å². The summed E-state index contributed by atoms with van der Waals surface area (Å²) >= 11 is 0. The molecule has 4 N–H and O–H groups in total. The maximum absolute atomic E-state index is 13.2. The molecule has 2 aromatic carbocycles. The fourth-order valence-electron chi connectivity index (χ4n) is 3.33. The lowest BCUT2D eigenvalue weighted by Gasteiger charge is -2.31. The molecule has 2 rings (SSSR count). The van der Waals surface area contributed by atoms with E-state index in [0.717, 1.165) is 25.1 Å². The zero-order valence-corrected chi connectivity index (χ0v) is 20.2. The minimum absolute atomic E-state index is 0.0258. The maximum atomic E-state index is 13.2. The predicted molar refractivity (Wildman–Crippen MR) is 124 cm³/mol. The smallest absolute Gasteiger partial charge is 0.416 e. The zero-order valence-electron chi connectivity index (χ0n) is 20.2. The number of hydrogen-bond donors (Lipinski definition) is 4. The van der Waals surface area contributed by atoms with Gasteiger partial charge in [-0.05, 0) is 57.4 Å². The Balaban J connectivity index is 2.34. The Labute approximate surface area is 206 Å². The van der Waals surface area contributed by atoms with Crippen LogP contribution in [0.3, 0.4) is 0 Å². The van der Waals surface area contributed by atoms with Crippen molar-refractivity contribution in [1.82, 2.24) is 10.6 Å². The molecule has 11 heteroatoms. The second-order valence-corrected chi connectivity index (χ2v) is 9.39. The molecule has 0 fully saturated rings. The highest BCUT2D eigenvalue weighted by atomic mass is 19.4. The van der Waals surface area contributed by atoms with Crippen molar-refractivity contribution < 1.29 is 42.5 Å². The van der Waals surface area contributed by atoms with Crippen LogP contribution in [0.25, 0.3) is 0 Å². The number of aliphatic carboxylic acids is 1. The van der Waals surface area contributed by atoms with Crippen LogP contribution in [0.2, 0.25) is 0 Å². The first kappa shape index (κ1) is 28.6. The van der Waals surface area contributed by atoms with Crippen molar-refractivity contribution in [3.05, 3.63) is 71.3 Å². The molecule has 3 atom stereocenters. The van der Waals surface area contributed by atoms with E-state index in [-0.39, 0.29) is 12.0 Å². The van der Waals surface area contributed by atoms with Gasteiger partial charge in [0.1, 0.15) is 5.60 Å². The first-order chi connectivity index (χ1) is 16.5. The minimum atomic E-state index is -4.74. The molecular formula is C25H29F3N2O6. The normalized spacial score (nSPS) is 15.2. The summed E-state index contributed by atoms with van der Waals surface area (Å²) < 4.78 is 44.7. The molecule has 0 bridgehead atoms. The number of carbonyl (C=O) groups excluding carboxylic acids is 2. The average Bonchev–Trinajstić information content (AvgIpc) is 2.76. The minimum Gasteiger partial charge on any atom is -0.479 e. The Bertz CT molecular complexity index is 1090. The van der Waals surface area contributed by atoms with Gasteiger partial charge in [-0.15, -0.1) is 0 Å². The van der Waals surface area contributed by atoms with Gasteiger partial charge >= 0.3 is 18.2 Å². The molecule has 0 aromatic heterocycles. The highest BCUT2D eigenvalue weighted by molar-refractivity contribution is 5.90. The number of halogens is 3. The molecule has 2 aromatic rings. The number of carboxylic acid groups (broad SMARTS) is 1. The third-order valence-electron chi connectivity index (χ3n) is 5.22. The standard InChI is InChI=1S/C25H29F3N2O6/c1-23(2,3)36-22(35)29-18(13-15-9-6-5-7-10-15)19(31)20(32)30-24(4,21(33)34)16-11-8-12-17(14-16)25(26,27)28/h5-12,14,18-19,31H,13H2,1-4H3,(H,29,35)(H,30,32)(H,33,34)/t18-,19+,24-/m1/s1. The summed E-state index contributed by atoms with van der Waals surface area (Å²) in [5.74, 6) is -2.86. The van der Waals surface area contributed by atoms with Gasteiger partial charge in [-0.25, -0.2) is 9.59 Å². The number of carbonyl (C=O) groups is 3. The number of hydrogen-bond acceptors (Lipinski definition) is 5. The summed E-state index contributed by atoms with van der Waals surface area (Å²) in [6.07, 6.45) is -7.66. The Hall–Kier alpha value is -3.60. The molecule has 0 unspecified atom stereocenters. The summed E-state index contributed by atoms with van der Waals surface area (Å²) in [5, 5.41) is 25.1. The Morgan fingerprint density at radius 1 is 0.944 bits per heavy atom. The van der Waals surface area contributed by atoms with E-state index in [1.807, 2.05) is 0 Å². The SMILES string of the molecule is CC(C)(C)OC(=O)N[C@H](Cc1ccccc1)[C@H](O)C(=O)N[C@@](C)(C(=O)O)c1cccc(C(F)(F)F)c1. The Morgan fingerprint density at radius 3 is 2.06 bits per heavy atom. The molecule has 36 heavy (non-hydrogen) atoms. The van der Waals surface area contributed by atoms with Gasteiger partial charge in [-0.1, -0.05) is 42.5 Å². The van der Waals surface area contributed by atoms with Crippen molar-refractivity contribution in [2.45, 2.75) is 63.6 Å². The van der Waals surface area contributed by atoms with Crippen molar-refractivity contribution in [3.63, 3.8) is 0 Å². The molecule has 196 valence electrons. The zero-order chi connectivity index (χ0) is 27.3. The van der Waals surface area contributed by atoms with E-state index in [4.69, 9.17) is 4.74 Å². The van der Waals surface area contributed by atoms with Gasteiger partial charge in [0, 0.05) is 0 Å². The van der Waals surface area contributed by atoms with E-state index >= 15 is 0 Å². The second-order valence-electron chi connectivity index (χ2n) is 9.39. The summed E-state index contributed by atoms with van der Waals surface area (Å²) in [6.45, 7) is 5.86. The van der Waals surface area contributed by atoms with Crippen LogP contribution in [0, 0.1) is 0 Å². The molecule has 0 spiro atoms. The molecule has 0 aliphatic carbocycles. The van der Waals surface area contributed by atoms with Gasteiger partial charge < -0.3 is 25.6 Å². The van der Waals surface area contributed by atoms with E-state index < -0.39 is 53.0 Å². The second kappa shape index (κ2) is 11.0. The number of aliphatic hydroxyl groups excluding tert-OH is 1. The highest BCUT2D eigenvalue weighted by Gasteiger charge is 2.42. The third-order valence-corrected chi connectivity index (χ3v) is 5.22. The van der Waals surface area contributed by atoms with Crippen LogP contribution in [-0.4, -0.2) is 45.9 Å². The molecule has 0 saturated heterocycles.